The highest BCUT2D eigenvalue weighted by atomic mass is 15.1. The van der Waals surface area contributed by atoms with Crippen LogP contribution in [0.15, 0.2) is 24.4 Å². The lowest BCUT2D eigenvalue weighted by Crippen LogP contribution is -2.13. The van der Waals surface area contributed by atoms with E-state index in [1.165, 1.54) is 22.4 Å². The Hall–Kier alpha value is -1.61. The lowest BCUT2D eigenvalue weighted by Gasteiger charge is -2.08. The van der Waals surface area contributed by atoms with Crippen LogP contribution in [0.25, 0.3) is 11.3 Å². The molecular weight excluding hydrogens is 222 g/mol. The Morgan fingerprint density at radius 3 is 2.67 bits per heavy atom. The molecule has 0 aliphatic rings. The van der Waals surface area contributed by atoms with Crippen LogP contribution in [0.2, 0.25) is 0 Å². The SMILES string of the molecule is CNCCc1ncc(-c2ccc(C)c(C)c2)n1C. The van der Waals surface area contributed by atoms with Gasteiger partial charge < -0.3 is 9.88 Å². The zero-order chi connectivity index (χ0) is 13.1. The third kappa shape index (κ3) is 2.46. The Labute approximate surface area is 109 Å². The summed E-state index contributed by atoms with van der Waals surface area (Å²) in [6.45, 7) is 5.25. The van der Waals surface area contributed by atoms with Crippen molar-refractivity contribution in [3.63, 3.8) is 0 Å². The zero-order valence-electron chi connectivity index (χ0n) is 11.6. The maximum absolute atomic E-state index is 4.50. The molecule has 0 saturated heterocycles. The highest BCUT2D eigenvalue weighted by Gasteiger charge is 2.08. The smallest absolute Gasteiger partial charge is 0.110 e. The second-order valence-electron chi connectivity index (χ2n) is 4.77. The van der Waals surface area contributed by atoms with Crippen LogP contribution in [0.3, 0.4) is 0 Å². The van der Waals surface area contributed by atoms with Gasteiger partial charge in [0, 0.05) is 25.6 Å². The predicted octanol–water partition coefficient (Wildman–Crippen LogP) is 2.47. The van der Waals surface area contributed by atoms with Crippen LogP contribution >= 0.6 is 0 Å². The van der Waals surface area contributed by atoms with Gasteiger partial charge in [0.1, 0.15) is 5.82 Å². The summed E-state index contributed by atoms with van der Waals surface area (Å²) in [5.74, 6) is 1.12. The summed E-state index contributed by atoms with van der Waals surface area (Å²) in [4.78, 5) is 4.50. The van der Waals surface area contributed by atoms with E-state index in [1.54, 1.807) is 0 Å². The minimum atomic E-state index is 0.956. The van der Waals surface area contributed by atoms with Crippen molar-refractivity contribution in [3.8, 4) is 11.3 Å². The first kappa shape index (κ1) is 12.8. The van der Waals surface area contributed by atoms with Crippen molar-refractivity contribution >= 4 is 0 Å². The van der Waals surface area contributed by atoms with Crippen LogP contribution in [0, 0.1) is 13.8 Å². The van der Waals surface area contributed by atoms with Gasteiger partial charge in [0.25, 0.3) is 0 Å². The Bertz CT molecular complexity index is 541. The molecule has 0 bridgehead atoms. The molecule has 0 amide bonds. The molecule has 18 heavy (non-hydrogen) atoms. The van der Waals surface area contributed by atoms with Crippen LogP contribution in [-0.4, -0.2) is 23.1 Å². The van der Waals surface area contributed by atoms with E-state index in [0.717, 1.165) is 18.8 Å². The number of likely N-dealkylation sites (N-methyl/N-ethyl adjacent to an activating group) is 1. The van der Waals surface area contributed by atoms with E-state index < -0.39 is 0 Å². The molecule has 1 aromatic carbocycles. The minimum Gasteiger partial charge on any atom is -0.331 e. The first-order valence-corrected chi connectivity index (χ1v) is 6.36. The molecule has 2 rings (SSSR count). The second-order valence-corrected chi connectivity index (χ2v) is 4.77. The fourth-order valence-electron chi connectivity index (χ4n) is 2.09. The molecule has 0 spiro atoms. The molecule has 0 aliphatic carbocycles. The maximum Gasteiger partial charge on any atom is 0.110 e. The lowest BCUT2D eigenvalue weighted by molar-refractivity contribution is 0.720. The standard InChI is InChI=1S/C15H21N3/c1-11-5-6-13(9-12(11)2)14-10-17-15(18(14)4)7-8-16-3/h5-6,9-10,16H,7-8H2,1-4H3. The molecule has 3 nitrogen and oxygen atoms in total. The summed E-state index contributed by atoms with van der Waals surface area (Å²) in [5.41, 5.74) is 5.08. The van der Waals surface area contributed by atoms with Crippen molar-refractivity contribution in [3.05, 3.63) is 41.3 Å². The van der Waals surface area contributed by atoms with E-state index in [0.29, 0.717) is 0 Å². The Kier molecular flexibility index (Phi) is 3.82. The minimum absolute atomic E-state index is 0.956. The molecule has 0 fully saturated rings. The molecule has 0 aliphatic heterocycles. The van der Waals surface area contributed by atoms with Gasteiger partial charge in [-0.2, -0.15) is 0 Å². The van der Waals surface area contributed by atoms with E-state index in [1.807, 2.05) is 13.2 Å². The van der Waals surface area contributed by atoms with Crippen molar-refractivity contribution in [2.75, 3.05) is 13.6 Å². The maximum atomic E-state index is 4.50. The second kappa shape index (κ2) is 5.36. The van der Waals surface area contributed by atoms with Gasteiger partial charge in [-0.3, -0.25) is 0 Å². The molecule has 0 radical (unpaired) electrons. The van der Waals surface area contributed by atoms with Crippen molar-refractivity contribution in [1.82, 2.24) is 14.9 Å². The molecular formula is C15H21N3. The highest BCUT2D eigenvalue weighted by Crippen LogP contribution is 2.22. The molecule has 1 aromatic heterocycles. The van der Waals surface area contributed by atoms with E-state index in [2.05, 4.69) is 54.0 Å². The van der Waals surface area contributed by atoms with Gasteiger partial charge in [-0.15, -0.1) is 0 Å². The third-order valence-corrected chi connectivity index (χ3v) is 3.49. The van der Waals surface area contributed by atoms with E-state index in [4.69, 9.17) is 0 Å². The van der Waals surface area contributed by atoms with Crippen molar-refractivity contribution in [2.45, 2.75) is 20.3 Å². The molecule has 0 saturated carbocycles. The monoisotopic (exact) mass is 243 g/mol. The van der Waals surface area contributed by atoms with Crippen molar-refractivity contribution in [1.29, 1.82) is 0 Å². The first-order chi connectivity index (χ1) is 8.63. The average molecular weight is 243 g/mol. The Morgan fingerprint density at radius 2 is 2.00 bits per heavy atom. The molecule has 0 unspecified atom stereocenters. The summed E-state index contributed by atoms with van der Waals surface area (Å²) in [6, 6.07) is 6.57. The van der Waals surface area contributed by atoms with E-state index >= 15 is 0 Å². The number of hydrogen-bond donors (Lipinski definition) is 1. The van der Waals surface area contributed by atoms with Gasteiger partial charge in [-0.05, 0) is 38.1 Å². The summed E-state index contributed by atoms with van der Waals surface area (Å²) >= 11 is 0. The normalized spacial score (nSPS) is 10.9. The van der Waals surface area contributed by atoms with Crippen LogP contribution in [0.1, 0.15) is 17.0 Å². The number of hydrogen-bond acceptors (Lipinski definition) is 2. The van der Waals surface area contributed by atoms with E-state index in [9.17, 15) is 0 Å². The molecule has 0 atom stereocenters. The summed E-state index contributed by atoms with van der Waals surface area (Å²) in [7, 11) is 4.05. The summed E-state index contributed by atoms with van der Waals surface area (Å²) in [6.07, 6.45) is 2.92. The molecule has 2 aromatic rings. The molecule has 96 valence electrons. The fourth-order valence-corrected chi connectivity index (χ4v) is 2.09. The molecule has 3 heteroatoms. The van der Waals surface area contributed by atoms with Gasteiger partial charge in [-0.25, -0.2) is 4.98 Å². The Morgan fingerprint density at radius 1 is 1.22 bits per heavy atom. The van der Waals surface area contributed by atoms with Crippen molar-refractivity contribution in [2.24, 2.45) is 7.05 Å². The summed E-state index contributed by atoms with van der Waals surface area (Å²) in [5, 5.41) is 3.16. The lowest BCUT2D eigenvalue weighted by atomic mass is 10.0. The van der Waals surface area contributed by atoms with Crippen molar-refractivity contribution < 1.29 is 0 Å². The number of imidazole rings is 1. The number of aromatic nitrogens is 2. The average Bonchev–Trinajstić information content (AvgIpc) is 2.72. The zero-order valence-corrected chi connectivity index (χ0v) is 11.6. The van der Waals surface area contributed by atoms with Gasteiger partial charge in [-0.1, -0.05) is 12.1 Å². The van der Waals surface area contributed by atoms with Gasteiger partial charge in [0.15, 0.2) is 0 Å². The number of benzene rings is 1. The number of nitrogens with one attached hydrogen (secondary N) is 1. The highest BCUT2D eigenvalue weighted by molar-refractivity contribution is 5.61. The third-order valence-electron chi connectivity index (χ3n) is 3.49. The van der Waals surface area contributed by atoms with Crippen LogP contribution in [0.4, 0.5) is 0 Å². The van der Waals surface area contributed by atoms with Crippen LogP contribution in [0.5, 0.6) is 0 Å². The fraction of sp³-hybridized carbons (Fsp3) is 0.400. The Balaban J connectivity index is 2.33. The molecule has 1 heterocycles. The van der Waals surface area contributed by atoms with Gasteiger partial charge >= 0.3 is 0 Å². The van der Waals surface area contributed by atoms with Gasteiger partial charge in [0.2, 0.25) is 0 Å². The number of aryl methyl sites for hydroxylation is 2. The quantitative estimate of drug-likeness (QED) is 0.894. The van der Waals surface area contributed by atoms with Gasteiger partial charge in [0.05, 0.1) is 11.9 Å². The topological polar surface area (TPSA) is 29.9 Å². The molecule has 1 N–H and O–H groups in total. The van der Waals surface area contributed by atoms with Crippen LogP contribution in [-0.2, 0) is 13.5 Å². The predicted molar refractivity (Wildman–Crippen MR) is 75.7 cm³/mol. The van der Waals surface area contributed by atoms with E-state index in [-0.39, 0.29) is 0 Å². The van der Waals surface area contributed by atoms with Crippen LogP contribution < -0.4 is 5.32 Å². The number of nitrogens with zero attached hydrogens (tertiary/aromatic N) is 2. The number of rotatable bonds is 4. The first-order valence-electron chi connectivity index (χ1n) is 6.36. The summed E-state index contributed by atoms with van der Waals surface area (Å²) < 4.78 is 2.18. The largest absolute Gasteiger partial charge is 0.331 e.